The molecule has 2 fully saturated rings. The average Bonchev–Trinajstić information content (AvgIpc) is 3.48. The van der Waals surface area contributed by atoms with Crippen molar-refractivity contribution in [3.8, 4) is 0 Å². The summed E-state index contributed by atoms with van der Waals surface area (Å²) < 4.78 is 19.0. The van der Waals surface area contributed by atoms with Gasteiger partial charge in [0.05, 0.1) is 18.3 Å². The fraction of sp³-hybridized carbons (Fsp3) is 0.586. The maximum Gasteiger partial charge on any atom is 0.315 e. The maximum absolute atomic E-state index is 13.7. The summed E-state index contributed by atoms with van der Waals surface area (Å²) in [4.78, 5) is 48.4. The summed E-state index contributed by atoms with van der Waals surface area (Å²) >= 11 is 0. The molecule has 3 amide bonds. The first kappa shape index (κ1) is 28.6. The molecule has 1 aliphatic heterocycles. The van der Waals surface area contributed by atoms with Crippen LogP contribution in [0.15, 0.2) is 36.8 Å². The number of esters is 1. The molecule has 1 aromatic heterocycles. The van der Waals surface area contributed by atoms with Crippen molar-refractivity contribution < 1.29 is 23.5 Å². The monoisotopic (exact) mass is 541 g/mol. The van der Waals surface area contributed by atoms with Gasteiger partial charge < -0.3 is 25.3 Å². The Morgan fingerprint density at radius 3 is 2.51 bits per heavy atom. The van der Waals surface area contributed by atoms with Crippen LogP contribution in [0.5, 0.6) is 0 Å². The highest BCUT2D eigenvalue weighted by Gasteiger charge is 2.49. The van der Waals surface area contributed by atoms with E-state index >= 15 is 0 Å². The van der Waals surface area contributed by atoms with Crippen molar-refractivity contribution in [2.24, 2.45) is 11.3 Å². The van der Waals surface area contributed by atoms with Gasteiger partial charge in [0.2, 0.25) is 5.91 Å². The number of piperidine rings is 1. The fourth-order valence-electron chi connectivity index (χ4n) is 6.05. The van der Waals surface area contributed by atoms with Gasteiger partial charge in [0, 0.05) is 44.4 Å². The molecule has 0 bridgehead atoms. The highest BCUT2D eigenvalue weighted by molar-refractivity contribution is 5.88. The highest BCUT2D eigenvalue weighted by Crippen LogP contribution is 2.46. The van der Waals surface area contributed by atoms with Crippen molar-refractivity contribution in [3.05, 3.63) is 53.9 Å². The lowest BCUT2D eigenvalue weighted by Gasteiger charge is -2.46. The quantitative estimate of drug-likeness (QED) is 0.396. The largest absolute Gasteiger partial charge is 0.466 e. The number of imidazole rings is 1. The molecule has 1 atom stereocenters. The number of aromatic amines is 1. The number of nitrogens with zero attached hydrogens (tertiary/aromatic N) is 2. The Morgan fingerprint density at radius 2 is 1.87 bits per heavy atom. The summed E-state index contributed by atoms with van der Waals surface area (Å²) in [7, 11) is 0. The van der Waals surface area contributed by atoms with E-state index in [0.29, 0.717) is 45.5 Å². The van der Waals surface area contributed by atoms with E-state index in [4.69, 9.17) is 4.74 Å². The number of rotatable bonds is 10. The lowest BCUT2D eigenvalue weighted by molar-refractivity contribution is -0.166. The molecule has 2 heterocycles. The van der Waals surface area contributed by atoms with E-state index in [1.807, 2.05) is 6.92 Å². The molecule has 2 aromatic rings. The smallest absolute Gasteiger partial charge is 0.315 e. The average molecular weight is 542 g/mol. The predicted molar refractivity (Wildman–Crippen MR) is 144 cm³/mol. The van der Waals surface area contributed by atoms with Crippen molar-refractivity contribution in [1.29, 1.82) is 0 Å². The highest BCUT2D eigenvalue weighted by atomic mass is 19.1. The molecule has 9 nitrogen and oxygen atoms in total. The van der Waals surface area contributed by atoms with Crippen LogP contribution in [0.2, 0.25) is 0 Å². The summed E-state index contributed by atoms with van der Waals surface area (Å²) in [6.07, 6.45) is 10.7. The zero-order valence-corrected chi connectivity index (χ0v) is 22.7. The normalized spacial score (nSPS) is 18.3. The number of halogens is 1. The number of hydrogen-bond acceptors (Lipinski definition) is 5. The molecule has 1 saturated carbocycles. The minimum atomic E-state index is -0.826. The van der Waals surface area contributed by atoms with Crippen molar-refractivity contribution in [2.75, 3.05) is 26.2 Å². The van der Waals surface area contributed by atoms with E-state index < -0.39 is 17.5 Å². The maximum atomic E-state index is 13.7. The Kier molecular flexibility index (Phi) is 9.95. The molecule has 39 heavy (non-hydrogen) atoms. The van der Waals surface area contributed by atoms with Gasteiger partial charge in [-0.3, -0.25) is 9.59 Å². The van der Waals surface area contributed by atoms with Gasteiger partial charge >= 0.3 is 12.0 Å². The number of likely N-dealkylation sites (tertiary alicyclic amines) is 1. The minimum Gasteiger partial charge on any atom is -0.466 e. The van der Waals surface area contributed by atoms with Gasteiger partial charge in [0.15, 0.2) is 0 Å². The van der Waals surface area contributed by atoms with Crippen molar-refractivity contribution in [2.45, 2.75) is 70.8 Å². The first-order chi connectivity index (χ1) is 18.9. The molecule has 1 aliphatic carbocycles. The summed E-state index contributed by atoms with van der Waals surface area (Å²) in [5, 5.41) is 5.63. The van der Waals surface area contributed by atoms with E-state index in [0.717, 1.165) is 36.9 Å². The summed E-state index contributed by atoms with van der Waals surface area (Å²) in [5.74, 6) is -0.428. The number of amides is 3. The molecule has 212 valence electrons. The van der Waals surface area contributed by atoms with Gasteiger partial charge in [-0.15, -0.1) is 0 Å². The van der Waals surface area contributed by atoms with E-state index in [1.54, 1.807) is 29.6 Å². The number of nitrogens with one attached hydrogen (secondary N) is 3. The van der Waals surface area contributed by atoms with Crippen LogP contribution >= 0.6 is 0 Å². The van der Waals surface area contributed by atoms with Gasteiger partial charge in [-0.05, 0) is 56.2 Å². The second-order valence-electron chi connectivity index (χ2n) is 10.6. The number of ether oxygens (including phenoxy) is 1. The lowest BCUT2D eigenvalue weighted by Crippen LogP contribution is -2.56. The van der Waals surface area contributed by atoms with Crippen LogP contribution in [0.25, 0.3) is 0 Å². The first-order valence-electron chi connectivity index (χ1n) is 14.1. The molecule has 10 heteroatoms. The predicted octanol–water partition coefficient (Wildman–Crippen LogP) is 3.75. The Hall–Kier alpha value is -3.43. The fourth-order valence-corrected chi connectivity index (χ4v) is 6.05. The van der Waals surface area contributed by atoms with Crippen molar-refractivity contribution in [3.63, 3.8) is 0 Å². The Morgan fingerprint density at radius 1 is 1.15 bits per heavy atom. The van der Waals surface area contributed by atoms with Crippen molar-refractivity contribution in [1.82, 2.24) is 25.5 Å². The standard InChI is InChI=1S/C29H40FN5O4/c1-2-39-27(37)29(22-6-4-3-5-7-22)13-16-35(17-14-29)26(36)25(18-21-8-10-23(30)11-9-21)34-28(38)32-15-12-24-19-31-20-33-24/h8-11,19-20,22,25H,2-7,12-18H2,1H3,(H,31,33)(H2,32,34,38). The lowest BCUT2D eigenvalue weighted by atomic mass is 9.63. The molecule has 0 spiro atoms. The van der Waals surface area contributed by atoms with E-state index in [9.17, 15) is 18.8 Å². The third kappa shape index (κ3) is 7.36. The Labute approximate surface area is 229 Å². The second-order valence-corrected chi connectivity index (χ2v) is 10.6. The molecule has 1 aromatic carbocycles. The Balaban J connectivity index is 1.42. The van der Waals surface area contributed by atoms with Gasteiger partial charge in [-0.2, -0.15) is 0 Å². The molecule has 1 unspecified atom stereocenters. The Bertz CT molecular complexity index is 1080. The second kappa shape index (κ2) is 13.6. The zero-order valence-electron chi connectivity index (χ0n) is 22.7. The van der Waals surface area contributed by atoms with Crippen LogP contribution < -0.4 is 10.6 Å². The van der Waals surface area contributed by atoms with Crippen LogP contribution in [-0.4, -0.2) is 65.1 Å². The third-order valence-corrected chi connectivity index (χ3v) is 8.23. The SMILES string of the molecule is CCOC(=O)C1(C2CCCCC2)CCN(C(=O)C(Cc2ccc(F)cc2)NC(=O)NCCc2cnc[nH]2)CC1. The van der Waals surface area contributed by atoms with Crippen LogP contribution in [-0.2, 0) is 27.2 Å². The molecule has 2 aliphatic rings. The van der Waals surface area contributed by atoms with Crippen molar-refractivity contribution >= 4 is 17.9 Å². The summed E-state index contributed by atoms with van der Waals surface area (Å²) in [6.45, 7) is 3.40. The van der Waals surface area contributed by atoms with Gasteiger partial charge in [0.25, 0.3) is 0 Å². The molecule has 1 saturated heterocycles. The number of urea groups is 1. The van der Waals surface area contributed by atoms with Crippen LogP contribution in [0.4, 0.5) is 9.18 Å². The van der Waals surface area contributed by atoms with E-state index in [-0.39, 0.29) is 30.0 Å². The summed E-state index contributed by atoms with van der Waals surface area (Å²) in [6, 6.07) is 4.67. The van der Waals surface area contributed by atoms with Gasteiger partial charge in [-0.1, -0.05) is 31.4 Å². The third-order valence-electron chi connectivity index (χ3n) is 8.23. The number of aromatic nitrogens is 2. The van der Waals surface area contributed by atoms with Gasteiger partial charge in [-0.25, -0.2) is 14.2 Å². The zero-order chi connectivity index (χ0) is 27.7. The van der Waals surface area contributed by atoms with Crippen LogP contribution in [0.3, 0.4) is 0 Å². The summed E-state index contributed by atoms with van der Waals surface area (Å²) in [5.41, 5.74) is 1.08. The number of carbonyl (C=O) groups excluding carboxylic acids is 3. The van der Waals surface area contributed by atoms with E-state index in [2.05, 4.69) is 20.6 Å². The number of carbonyl (C=O) groups is 3. The topological polar surface area (TPSA) is 116 Å². The number of H-pyrrole nitrogens is 1. The number of hydrogen-bond donors (Lipinski definition) is 3. The molecular weight excluding hydrogens is 501 g/mol. The van der Waals surface area contributed by atoms with Gasteiger partial charge in [0.1, 0.15) is 11.9 Å². The minimum absolute atomic E-state index is 0.137. The van der Waals surface area contributed by atoms with E-state index in [1.165, 1.54) is 18.6 Å². The first-order valence-corrected chi connectivity index (χ1v) is 14.1. The van der Waals surface area contributed by atoms with Crippen LogP contribution in [0.1, 0.15) is 63.1 Å². The molecular formula is C29H40FN5O4. The molecule has 4 rings (SSSR count). The van der Waals surface area contributed by atoms with Crippen LogP contribution in [0, 0.1) is 17.2 Å². The molecule has 0 radical (unpaired) electrons. The molecule has 3 N–H and O–H groups in total. The number of benzene rings is 1.